The third-order valence-electron chi connectivity index (χ3n) is 2.48. The van der Waals surface area contributed by atoms with Crippen LogP contribution in [0.4, 0.5) is 15.8 Å². The molecule has 0 aliphatic heterocycles. The Morgan fingerprint density at radius 1 is 1.35 bits per heavy atom. The molecule has 20 heavy (non-hydrogen) atoms. The smallest absolute Gasteiger partial charge is 0.265 e. The minimum Gasteiger partial charge on any atom is -0.398 e. The molecule has 1 aromatic carbocycles. The molecule has 2 aromatic rings. The van der Waals surface area contributed by atoms with Crippen molar-refractivity contribution >= 4 is 21.4 Å². The fraction of sp³-hybridized carbons (Fsp3) is 0. The fourth-order valence-corrected chi connectivity index (χ4v) is 2.69. The molecule has 1 aromatic heterocycles. The van der Waals surface area contributed by atoms with Crippen LogP contribution < -0.4 is 10.5 Å². The normalized spacial score (nSPS) is 10.8. The number of nitrogens with one attached hydrogen (secondary N) is 1. The SMILES string of the molecule is N#Cc1c(F)cccc1NS(=O)(=O)c1cnccc1N. The highest BCUT2D eigenvalue weighted by atomic mass is 32.2. The van der Waals surface area contributed by atoms with Gasteiger partial charge in [0.05, 0.1) is 11.4 Å². The van der Waals surface area contributed by atoms with Crippen LogP contribution in [0.15, 0.2) is 41.6 Å². The van der Waals surface area contributed by atoms with Crippen LogP contribution in [0.1, 0.15) is 5.56 Å². The van der Waals surface area contributed by atoms with Crippen LogP contribution in [0.5, 0.6) is 0 Å². The maximum Gasteiger partial charge on any atom is 0.265 e. The van der Waals surface area contributed by atoms with Crippen LogP contribution in [0.25, 0.3) is 0 Å². The summed E-state index contributed by atoms with van der Waals surface area (Å²) in [4.78, 5) is 3.43. The molecule has 3 N–H and O–H groups in total. The van der Waals surface area contributed by atoms with Crippen molar-refractivity contribution in [3.8, 4) is 6.07 Å². The Morgan fingerprint density at radius 2 is 2.10 bits per heavy atom. The van der Waals surface area contributed by atoms with E-state index in [4.69, 9.17) is 11.0 Å². The molecule has 0 fully saturated rings. The monoisotopic (exact) mass is 292 g/mol. The number of nitrogen functional groups attached to an aromatic ring is 1. The van der Waals surface area contributed by atoms with Crippen LogP contribution in [-0.2, 0) is 10.0 Å². The zero-order chi connectivity index (χ0) is 14.8. The van der Waals surface area contributed by atoms with Crippen molar-refractivity contribution in [2.24, 2.45) is 0 Å². The van der Waals surface area contributed by atoms with Gasteiger partial charge in [0.2, 0.25) is 0 Å². The van der Waals surface area contributed by atoms with Gasteiger partial charge in [-0.2, -0.15) is 5.26 Å². The zero-order valence-corrected chi connectivity index (χ0v) is 10.9. The van der Waals surface area contributed by atoms with Gasteiger partial charge < -0.3 is 5.73 Å². The molecule has 6 nitrogen and oxygen atoms in total. The van der Waals surface area contributed by atoms with Gasteiger partial charge in [-0.05, 0) is 18.2 Å². The van der Waals surface area contributed by atoms with E-state index < -0.39 is 21.4 Å². The van der Waals surface area contributed by atoms with E-state index in [0.717, 1.165) is 12.3 Å². The number of benzene rings is 1. The molecule has 0 unspecified atom stereocenters. The molecule has 1 heterocycles. The maximum absolute atomic E-state index is 13.4. The second kappa shape index (κ2) is 5.14. The number of nitrogens with zero attached hydrogens (tertiary/aromatic N) is 2. The van der Waals surface area contributed by atoms with Crippen LogP contribution in [0.3, 0.4) is 0 Å². The second-order valence-electron chi connectivity index (χ2n) is 3.79. The number of hydrogen-bond acceptors (Lipinski definition) is 5. The van der Waals surface area contributed by atoms with Gasteiger partial charge in [0.15, 0.2) is 0 Å². The molecule has 0 saturated carbocycles. The van der Waals surface area contributed by atoms with Crippen LogP contribution >= 0.6 is 0 Å². The Hall–Kier alpha value is -2.66. The topological polar surface area (TPSA) is 109 Å². The summed E-state index contributed by atoms with van der Waals surface area (Å²) >= 11 is 0. The number of rotatable bonds is 3. The summed E-state index contributed by atoms with van der Waals surface area (Å²) in [6.45, 7) is 0. The van der Waals surface area contributed by atoms with E-state index >= 15 is 0 Å². The van der Waals surface area contributed by atoms with E-state index in [-0.39, 0.29) is 16.3 Å². The van der Waals surface area contributed by atoms with E-state index in [9.17, 15) is 12.8 Å². The number of sulfonamides is 1. The lowest BCUT2D eigenvalue weighted by atomic mass is 10.2. The second-order valence-corrected chi connectivity index (χ2v) is 5.44. The fourth-order valence-electron chi connectivity index (χ4n) is 1.54. The van der Waals surface area contributed by atoms with E-state index in [0.29, 0.717) is 0 Å². The van der Waals surface area contributed by atoms with E-state index in [2.05, 4.69) is 9.71 Å². The third-order valence-corrected chi connectivity index (χ3v) is 3.88. The Labute approximate surface area is 114 Å². The largest absolute Gasteiger partial charge is 0.398 e. The van der Waals surface area contributed by atoms with Gasteiger partial charge in [-0.25, -0.2) is 12.8 Å². The van der Waals surface area contributed by atoms with Gasteiger partial charge in [0, 0.05) is 12.4 Å². The summed E-state index contributed by atoms with van der Waals surface area (Å²) in [7, 11) is -4.05. The van der Waals surface area contributed by atoms with E-state index in [1.165, 1.54) is 24.4 Å². The standard InChI is InChI=1S/C12H9FN4O2S/c13-9-2-1-3-11(8(9)6-14)17-20(18,19)12-7-16-5-4-10(12)15/h1-5,7,17H,(H2,15,16). The maximum atomic E-state index is 13.4. The van der Waals surface area contributed by atoms with E-state index in [1.807, 2.05) is 0 Å². The molecule has 0 aliphatic carbocycles. The average Bonchev–Trinajstić information content (AvgIpc) is 2.39. The summed E-state index contributed by atoms with van der Waals surface area (Å²) in [6.07, 6.45) is 2.42. The molecule has 0 saturated heterocycles. The lowest BCUT2D eigenvalue weighted by Crippen LogP contribution is -2.16. The minimum atomic E-state index is -4.05. The minimum absolute atomic E-state index is 0.00223. The quantitative estimate of drug-likeness (QED) is 0.890. The lowest BCUT2D eigenvalue weighted by Gasteiger charge is -2.10. The molecule has 8 heteroatoms. The Kier molecular flexibility index (Phi) is 3.54. The van der Waals surface area contributed by atoms with E-state index in [1.54, 1.807) is 6.07 Å². The molecule has 0 aliphatic rings. The highest BCUT2D eigenvalue weighted by molar-refractivity contribution is 7.92. The lowest BCUT2D eigenvalue weighted by molar-refractivity contribution is 0.601. The van der Waals surface area contributed by atoms with Crippen molar-refractivity contribution in [3.05, 3.63) is 48.0 Å². The van der Waals surface area contributed by atoms with Gasteiger partial charge in [-0.3, -0.25) is 9.71 Å². The van der Waals surface area contributed by atoms with Crippen molar-refractivity contribution in [1.82, 2.24) is 4.98 Å². The summed E-state index contributed by atoms with van der Waals surface area (Å²) in [5.41, 5.74) is 5.02. The Balaban J connectivity index is 2.48. The first-order chi connectivity index (χ1) is 9.45. The molecule has 0 radical (unpaired) electrons. The Morgan fingerprint density at radius 3 is 2.75 bits per heavy atom. The van der Waals surface area contributed by atoms with Gasteiger partial charge >= 0.3 is 0 Å². The first-order valence-electron chi connectivity index (χ1n) is 5.36. The number of pyridine rings is 1. The van der Waals surface area contributed by atoms with Gasteiger partial charge in [-0.15, -0.1) is 0 Å². The Bertz CT molecular complexity index is 799. The molecule has 102 valence electrons. The number of nitriles is 1. The molecule has 2 rings (SSSR count). The molecule has 0 bridgehead atoms. The molecular weight excluding hydrogens is 283 g/mol. The van der Waals surface area contributed by atoms with Crippen LogP contribution in [0, 0.1) is 17.1 Å². The first kappa shape index (κ1) is 13.8. The van der Waals surface area contributed by atoms with Crippen LogP contribution in [-0.4, -0.2) is 13.4 Å². The third kappa shape index (κ3) is 2.53. The molecule has 0 spiro atoms. The van der Waals surface area contributed by atoms with Crippen molar-refractivity contribution in [2.75, 3.05) is 10.5 Å². The molecular formula is C12H9FN4O2S. The zero-order valence-electron chi connectivity index (χ0n) is 10.0. The predicted octanol–water partition coefficient (Wildman–Crippen LogP) is 1.48. The average molecular weight is 292 g/mol. The number of halogens is 1. The number of anilines is 2. The number of nitrogens with two attached hydrogens (primary N) is 1. The summed E-state index contributed by atoms with van der Waals surface area (Å²) in [5, 5.41) is 8.86. The van der Waals surface area contributed by atoms with Gasteiger partial charge in [0.1, 0.15) is 22.3 Å². The van der Waals surface area contributed by atoms with Gasteiger partial charge in [0.25, 0.3) is 10.0 Å². The number of aromatic nitrogens is 1. The summed E-state index contributed by atoms with van der Waals surface area (Å²) in [5.74, 6) is -0.813. The van der Waals surface area contributed by atoms with Crippen molar-refractivity contribution < 1.29 is 12.8 Å². The highest BCUT2D eigenvalue weighted by Crippen LogP contribution is 2.23. The van der Waals surface area contributed by atoms with Crippen molar-refractivity contribution in [2.45, 2.75) is 4.90 Å². The highest BCUT2D eigenvalue weighted by Gasteiger charge is 2.20. The van der Waals surface area contributed by atoms with Crippen molar-refractivity contribution in [1.29, 1.82) is 5.26 Å². The predicted molar refractivity (Wildman–Crippen MR) is 70.6 cm³/mol. The van der Waals surface area contributed by atoms with Crippen LogP contribution in [0.2, 0.25) is 0 Å². The first-order valence-corrected chi connectivity index (χ1v) is 6.85. The summed E-state index contributed by atoms with van der Waals surface area (Å²) in [6, 6.07) is 6.57. The molecule has 0 atom stereocenters. The molecule has 0 amide bonds. The van der Waals surface area contributed by atoms with Gasteiger partial charge in [-0.1, -0.05) is 6.07 Å². The number of hydrogen-bond donors (Lipinski definition) is 2. The van der Waals surface area contributed by atoms with Crippen molar-refractivity contribution in [3.63, 3.8) is 0 Å². The summed E-state index contributed by atoms with van der Waals surface area (Å²) < 4.78 is 39.8.